The summed E-state index contributed by atoms with van der Waals surface area (Å²) in [5, 5.41) is 15.7. The molecule has 2 amide bonds. The van der Waals surface area contributed by atoms with E-state index in [0.717, 1.165) is 11.3 Å². The largest absolute Gasteiger partial charge is 0.399 e. The van der Waals surface area contributed by atoms with Gasteiger partial charge in [0.15, 0.2) is 0 Å². The average Bonchev–Trinajstić information content (AvgIpc) is 3.06. The number of hydrogen-bond acceptors (Lipinski definition) is 5. The van der Waals surface area contributed by atoms with Crippen molar-refractivity contribution in [2.75, 3.05) is 16.4 Å². The van der Waals surface area contributed by atoms with Gasteiger partial charge in [-0.15, -0.1) is 0 Å². The average molecular weight is 326 g/mol. The molecule has 24 heavy (non-hydrogen) atoms. The topological polar surface area (TPSA) is 127 Å². The molecule has 2 aromatic rings. The van der Waals surface area contributed by atoms with Crippen LogP contribution in [0.2, 0.25) is 0 Å². The summed E-state index contributed by atoms with van der Waals surface area (Å²) in [5.41, 5.74) is 9.53. The molecule has 8 heteroatoms. The van der Waals surface area contributed by atoms with E-state index in [0.29, 0.717) is 23.4 Å². The Morgan fingerprint density at radius 1 is 0.917 bits per heavy atom. The monoisotopic (exact) mass is 326 g/mol. The van der Waals surface area contributed by atoms with Crippen molar-refractivity contribution >= 4 is 34.6 Å². The molecule has 2 aliphatic heterocycles. The van der Waals surface area contributed by atoms with E-state index in [1.165, 1.54) is 12.1 Å². The van der Waals surface area contributed by atoms with Crippen LogP contribution in [0.25, 0.3) is 0 Å². The summed E-state index contributed by atoms with van der Waals surface area (Å²) in [7, 11) is 0. The Kier molecular flexibility index (Phi) is 3.87. The molecule has 0 radical (unpaired) electrons. The third-order valence-corrected chi connectivity index (χ3v) is 3.68. The lowest BCUT2D eigenvalue weighted by Gasteiger charge is -1.97. The number of benzene rings is 2. The molecule has 2 heterocycles. The molecule has 0 aliphatic carbocycles. The van der Waals surface area contributed by atoms with Gasteiger partial charge in [0.25, 0.3) is 5.69 Å². The Morgan fingerprint density at radius 2 is 1.46 bits per heavy atom. The number of nitro benzene ring substituents is 1. The molecular formula is C16H14N4O4. The van der Waals surface area contributed by atoms with Gasteiger partial charge in [0.2, 0.25) is 11.8 Å². The molecule has 0 fully saturated rings. The SMILES string of the molecule is Nc1ccc2c(c1)CC(=O)N2.O=C1Cc2cc([N+](=O)[O-])ccc2N1. The smallest absolute Gasteiger partial charge is 0.269 e. The second kappa shape index (κ2) is 5.99. The third-order valence-electron chi connectivity index (χ3n) is 3.68. The maximum atomic E-state index is 10.9. The number of hydrogen-bond donors (Lipinski definition) is 3. The zero-order valence-electron chi connectivity index (χ0n) is 12.5. The molecule has 0 aromatic heterocycles. The highest BCUT2D eigenvalue weighted by atomic mass is 16.6. The van der Waals surface area contributed by atoms with Crippen molar-refractivity contribution in [3.63, 3.8) is 0 Å². The fourth-order valence-corrected chi connectivity index (χ4v) is 2.58. The van der Waals surface area contributed by atoms with Gasteiger partial charge in [0.05, 0.1) is 17.8 Å². The molecule has 0 saturated carbocycles. The van der Waals surface area contributed by atoms with E-state index in [2.05, 4.69) is 10.6 Å². The van der Waals surface area contributed by atoms with Gasteiger partial charge in [-0.05, 0) is 35.4 Å². The molecule has 122 valence electrons. The number of non-ortho nitro benzene ring substituents is 1. The molecule has 4 rings (SSSR count). The van der Waals surface area contributed by atoms with Crippen molar-refractivity contribution < 1.29 is 14.5 Å². The highest BCUT2D eigenvalue weighted by molar-refractivity contribution is 6.00. The first kappa shape index (κ1) is 15.5. The Bertz CT molecular complexity index is 863. The molecule has 8 nitrogen and oxygen atoms in total. The van der Waals surface area contributed by atoms with Crippen molar-refractivity contribution in [2.24, 2.45) is 0 Å². The van der Waals surface area contributed by atoms with Gasteiger partial charge in [-0.25, -0.2) is 0 Å². The van der Waals surface area contributed by atoms with E-state index in [4.69, 9.17) is 5.73 Å². The van der Waals surface area contributed by atoms with Gasteiger partial charge in [-0.2, -0.15) is 0 Å². The number of nitrogens with one attached hydrogen (secondary N) is 2. The van der Waals surface area contributed by atoms with Crippen LogP contribution in [0.3, 0.4) is 0 Å². The Morgan fingerprint density at radius 3 is 2.04 bits per heavy atom. The Balaban J connectivity index is 0.000000143. The summed E-state index contributed by atoms with van der Waals surface area (Å²) in [5.74, 6) is -0.0684. The maximum Gasteiger partial charge on any atom is 0.269 e. The number of nitrogens with zero attached hydrogens (tertiary/aromatic N) is 1. The Hall–Kier alpha value is -3.42. The lowest BCUT2D eigenvalue weighted by molar-refractivity contribution is -0.384. The number of anilines is 3. The fraction of sp³-hybridized carbons (Fsp3) is 0.125. The summed E-state index contributed by atoms with van der Waals surface area (Å²) in [6.45, 7) is 0. The van der Waals surface area contributed by atoms with Crippen LogP contribution in [0.1, 0.15) is 11.1 Å². The maximum absolute atomic E-state index is 10.9. The molecular weight excluding hydrogens is 312 g/mol. The van der Waals surface area contributed by atoms with Crippen molar-refractivity contribution in [3.8, 4) is 0 Å². The molecule has 2 aromatic carbocycles. The van der Waals surface area contributed by atoms with Crippen molar-refractivity contribution in [2.45, 2.75) is 12.8 Å². The predicted octanol–water partition coefficient (Wildman–Crippen LogP) is 1.85. The molecule has 4 N–H and O–H groups in total. The minimum atomic E-state index is -0.469. The molecule has 0 bridgehead atoms. The van der Waals surface area contributed by atoms with Gasteiger partial charge >= 0.3 is 0 Å². The van der Waals surface area contributed by atoms with E-state index in [1.54, 1.807) is 12.1 Å². The first-order valence-electron chi connectivity index (χ1n) is 7.18. The second-order valence-electron chi connectivity index (χ2n) is 5.47. The molecule has 0 spiro atoms. The van der Waals surface area contributed by atoms with Crippen molar-refractivity contribution in [3.05, 3.63) is 57.6 Å². The van der Waals surface area contributed by atoms with Gasteiger partial charge in [0.1, 0.15) is 0 Å². The Labute approximate surface area is 136 Å². The minimum Gasteiger partial charge on any atom is -0.399 e. The predicted molar refractivity (Wildman–Crippen MR) is 88.6 cm³/mol. The lowest BCUT2D eigenvalue weighted by atomic mass is 10.1. The molecule has 0 atom stereocenters. The number of carbonyl (C=O) groups is 2. The fourth-order valence-electron chi connectivity index (χ4n) is 2.58. The van der Waals surface area contributed by atoms with Crippen LogP contribution in [0.4, 0.5) is 22.7 Å². The molecule has 0 unspecified atom stereocenters. The standard InChI is InChI=1S/C8H6N2O3.C8H8N2O/c11-8-4-5-3-6(10(12)13)1-2-7(5)9-8;9-6-1-2-7-5(3-6)4-8(11)10-7/h1-3H,4H2,(H,9,11);1-3H,4,9H2,(H,10,11). The normalized spacial score (nSPS) is 14.0. The van der Waals surface area contributed by atoms with Gasteiger partial charge in [-0.1, -0.05) is 0 Å². The molecule has 2 aliphatic rings. The summed E-state index contributed by atoms with van der Waals surface area (Å²) in [6.07, 6.45) is 0.692. The van der Waals surface area contributed by atoms with Crippen LogP contribution >= 0.6 is 0 Å². The highest BCUT2D eigenvalue weighted by Gasteiger charge is 2.20. The number of rotatable bonds is 1. The van der Waals surface area contributed by atoms with E-state index in [9.17, 15) is 19.7 Å². The van der Waals surface area contributed by atoms with E-state index in [1.807, 2.05) is 12.1 Å². The van der Waals surface area contributed by atoms with Crippen molar-refractivity contribution in [1.29, 1.82) is 0 Å². The van der Waals surface area contributed by atoms with Crippen LogP contribution in [0.5, 0.6) is 0 Å². The number of nitrogen functional groups attached to an aromatic ring is 1. The summed E-state index contributed by atoms with van der Waals surface area (Å²) in [4.78, 5) is 31.7. The van der Waals surface area contributed by atoms with Crippen LogP contribution in [0, 0.1) is 10.1 Å². The third kappa shape index (κ3) is 3.17. The quantitative estimate of drug-likeness (QED) is 0.418. The number of amides is 2. The number of nitrogens with two attached hydrogens (primary N) is 1. The zero-order chi connectivity index (χ0) is 17.3. The van der Waals surface area contributed by atoms with E-state index in [-0.39, 0.29) is 23.9 Å². The van der Waals surface area contributed by atoms with Gasteiger partial charge in [-0.3, -0.25) is 19.7 Å². The number of carbonyl (C=O) groups excluding carboxylic acids is 2. The second-order valence-corrected chi connectivity index (χ2v) is 5.47. The first-order valence-corrected chi connectivity index (χ1v) is 7.18. The summed E-state index contributed by atoms with van der Waals surface area (Å²) in [6, 6.07) is 9.79. The van der Waals surface area contributed by atoms with Crippen LogP contribution < -0.4 is 16.4 Å². The first-order chi connectivity index (χ1) is 11.4. The number of nitro groups is 1. The number of fused-ring (bicyclic) bond motifs is 2. The summed E-state index contributed by atoms with van der Waals surface area (Å²) >= 11 is 0. The van der Waals surface area contributed by atoms with Crippen LogP contribution in [0.15, 0.2) is 36.4 Å². The van der Waals surface area contributed by atoms with Crippen molar-refractivity contribution in [1.82, 2.24) is 0 Å². The minimum absolute atomic E-state index is 0.0234. The van der Waals surface area contributed by atoms with E-state index >= 15 is 0 Å². The van der Waals surface area contributed by atoms with Crippen LogP contribution in [-0.2, 0) is 22.4 Å². The summed E-state index contributed by atoms with van der Waals surface area (Å²) < 4.78 is 0. The lowest BCUT2D eigenvalue weighted by Crippen LogP contribution is -2.03. The zero-order valence-corrected chi connectivity index (χ0v) is 12.5. The van der Waals surface area contributed by atoms with Gasteiger partial charge in [0, 0.05) is 29.2 Å². The molecule has 0 saturated heterocycles. The highest BCUT2D eigenvalue weighted by Crippen LogP contribution is 2.26. The van der Waals surface area contributed by atoms with Gasteiger partial charge < -0.3 is 16.4 Å². The van der Waals surface area contributed by atoms with E-state index < -0.39 is 4.92 Å². The van der Waals surface area contributed by atoms with Crippen LogP contribution in [-0.4, -0.2) is 16.7 Å².